The lowest BCUT2D eigenvalue weighted by Gasteiger charge is -2.18. The summed E-state index contributed by atoms with van der Waals surface area (Å²) in [6.07, 6.45) is 1.00. The third-order valence-electron chi connectivity index (χ3n) is 3.31. The fourth-order valence-electron chi connectivity index (χ4n) is 2.45. The van der Waals surface area contributed by atoms with Crippen molar-refractivity contribution in [3.8, 4) is 0 Å². The molecule has 0 fully saturated rings. The highest BCUT2D eigenvalue weighted by atomic mass is 19.1. The van der Waals surface area contributed by atoms with Crippen molar-refractivity contribution >= 4 is 0 Å². The van der Waals surface area contributed by atoms with Crippen LogP contribution >= 0.6 is 0 Å². The zero-order valence-corrected chi connectivity index (χ0v) is 11.9. The highest BCUT2D eigenvalue weighted by molar-refractivity contribution is 5.35. The maximum Gasteiger partial charge on any atom is 0.128 e. The third-order valence-corrected chi connectivity index (χ3v) is 3.31. The molecule has 0 saturated carbocycles. The first kappa shape index (κ1) is 14.7. The van der Waals surface area contributed by atoms with E-state index in [2.05, 4.69) is 31.4 Å². The molecule has 2 aromatic carbocycles. The smallest absolute Gasteiger partial charge is 0.128 e. The number of rotatable bonds is 5. The van der Waals surface area contributed by atoms with Gasteiger partial charge in [-0.25, -0.2) is 9.82 Å². The Labute approximate surface area is 119 Å². The van der Waals surface area contributed by atoms with E-state index in [-0.39, 0.29) is 11.9 Å². The number of benzene rings is 2. The van der Waals surface area contributed by atoms with Crippen LogP contribution in [0.5, 0.6) is 0 Å². The molecule has 2 rings (SSSR count). The molecule has 0 spiro atoms. The van der Waals surface area contributed by atoms with Gasteiger partial charge >= 0.3 is 0 Å². The fourth-order valence-corrected chi connectivity index (χ4v) is 2.45. The number of hydrazine groups is 1. The van der Waals surface area contributed by atoms with Crippen molar-refractivity contribution in [2.75, 3.05) is 0 Å². The first-order valence-electron chi connectivity index (χ1n) is 6.91. The van der Waals surface area contributed by atoms with Crippen LogP contribution in [-0.2, 0) is 6.42 Å². The van der Waals surface area contributed by atoms with E-state index in [1.54, 1.807) is 12.1 Å². The van der Waals surface area contributed by atoms with Gasteiger partial charge < -0.3 is 0 Å². The minimum Gasteiger partial charge on any atom is -0.271 e. The lowest BCUT2D eigenvalue weighted by Crippen LogP contribution is -2.29. The molecule has 0 radical (unpaired) electrons. The largest absolute Gasteiger partial charge is 0.271 e. The van der Waals surface area contributed by atoms with Crippen LogP contribution in [-0.4, -0.2) is 0 Å². The Morgan fingerprint density at radius 3 is 2.50 bits per heavy atom. The molecule has 3 heteroatoms. The Kier molecular flexibility index (Phi) is 4.88. The Morgan fingerprint density at radius 2 is 1.85 bits per heavy atom. The van der Waals surface area contributed by atoms with Crippen molar-refractivity contribution in [1.29, 1.82) is 0 Å². The Hall–Kier alpha value is -1.71. The van der Waals surface area contributed by atoms with Crippen molar-refractivity contribution in [1.82, 2.24) is 5.43 Å². The van der Waals surface area contributed by atoms with E-state index < -0.39 is 0 Å². The monoisotopic (exact) mass is 272 g/mol. The maximum atomic E-state index is 13.9. The van der Waals surface area contributed by atoms with Gasteiger partial charge in [0.25, 0.3) is 0 Å². The molecule has 0 saturated heterocycles. The molecular formula is C17H21FN2. The van der Waals surface area contributed by atoms with Crippen molar-refractivity contribution in [2.24, 2.45) is 11.8 Å². The molecule has 0 aliphatic carbocycles. The van der Waals surface area contributed by atoms with E-state index >= 15 is 0 Å². The van der Waals surface area contributed by atoms with Gasteiger partial charge in [0.1, 0.15) is 5.82 Å². The highest BCUT2D eigenvalue weighted by Crippen LogP contribution is 2.25. The normalized spacial score (nSPS) is 12.7. The van der Waals surface area contributed by atoms with E-state index in [1.807, 2.05) is 18.2 Å². The van der Waals surface area contributed by atoms with E-state index in [1.165, 1.54) is 11.6 Å². The summed E-state index contributed by atoms with van der Waals surface area (Å²) in [7, 11) is 0. The Morgan fingerprint density at radius 1 is 1.10 bits per heavy atom. The van der Waals surface area contributed by atoms with E-state index in [4.69, 9.17) is 5.84 Å². The van der Waals surface area contributed by atoms with Crippen molar-refractivity contribution < 1.29 is 4.39 Å². The van der Waals surface area contributed by atoms with Crippen LogP contribution in [0.25, 0.3) is 0 Å². The summed E-state index contributed by atoms with van der Waals surface area (Å²) >= 11 is 0. The molecule has 2 nitrogen and oxygen atoms in total. The second-order valence-electron chi connectivity index (χ2n) is 5.46. The predicted molar refractivity (Wildman–Crippen MR) is 80.6 cm³/mol. The molecule has 106 valence electrons. The summed E-state index contributed by atoms with van der Waals surface area (Å²) < 4.78 is 13.9. The van der Waals surface area contributed by atoms with Gasteiger partial charge in [0.2, 0.25) is 0 Å². The average molecular weight is 272 g/mol. The molecular weight excluding hydrogens is 251 g/mol. The molecule has 0 aromatic heterocycles. The Bertz CT molecular complexity index is 566. The van der Waals surface area contributed by atoms with Crippen LogP contribution in [0.3, 0.4) is 0 Å². The summed E-state index contributed by atoms with van der Waals surface area (Å²) in [6, 6.07) is 14.5. The number of hydrogen-bond donors (Lipinski definition) is 2. The van der Waals surface area contributed by atoms with Crippen molar-refractivity contribution in [2.45, 2.75) is 26.3 Å². The van der Waals surface area contributed by atoms with Crippen molar-refractivity contribution in [3.05, 3.63) is 71.0 Å². The molecule has 2 aromatic rings. The second kappa shape index (κ2) is 6.64. The zero-order chi connectivity index (χ0) is 14.5. The lowest BCUT2D eigenvalue weighted by molar-refractivity contribution is 0.559. The van der Waals surface area contributed by atoms with Crippen LogP contribution in [0.15, 0.2) is 48.5 Å². The highest BCUT2D eigenvalue weighted by Gasteiger charge is 2.16. The number of nitrogens with two attached hydrogens (primary N) is 1. The molecule has 0 bridgehead atoms. The zero-order valence-electron chi connectivity index (χ0n) is 11.9. The third kappa shape index (κ3) is 3.44. The molecule has 0 amide bonds. The average Bonchev–Trinajstić information content (AvgIpc) is 2.41. The van der Waals surface area contributed by atoms with Crippen LogP contribution in [0.1, 0.15) is 36.6 Å². The van der Waals surface area contributed by atoms with Crippen LogP contribution in [0, 0.1) is 11.7 Å². The summed E-state index contributed by atoms with van der Waals surface area (Å²) in [6.45, 7) is 4.37. The summed E-state index contributed by atoms with van der Waals surface area (Å²) in [5.74, 6) is 5.98. The molecule has 0 heterocycles. The summed E-state index contributed by atoms with van der Waals surface area (Å²) in [4.78, 5) is 0. The molecule has 1 atom stereocenters. The number of halogens is 1. The van der Waals surface area contributed by atoms with Gasteiger partial charge in [-0.2, -0.15) is 0 Å². The van der Waals surface area contributed by atoms with Crippen LogP contribution in [0.2, 0.25) is 0 Å². The quantitative estimate of drug-likeness (QED) is 0.645. The van der Waals surface area contributed by atoms with Crippen LogP contribution in [0.4, 0.5) is 4.39 Å². The minimum absolute atomic E-state index is 0.246. The van der Waals surface area contributed by atoms with E-state index in [0.717, 1.165) is 12.0 Å². The molecule has 0 aliphatic heterocycles. The SMILES string of the molecule is CC(C)Cc1cccc(C(NN)c2ccccc2F)c1. The van der Waals surface area contributed by atoms with Crippen LogP contribution < -0.4 is 11.3 Å². The fraction of sp³-hybridized carbons (Fsp3) is 0.294. The standard InChI is InChI=1S/C17H21FN2/c1-12(2)10-13-6-5-7-14(11-13)17(20-19)15-8-3-4-9-16(15)18/h3-9,11-12,17,20H,10,19H2,1-2H3. The lowest BCUT2D eigenvalue weighted by atomic mass is 9.95. The van der Waals surface area contributed by atoms with E-state index in [0.29, 0.717) is 11.5 Å². The van der Waals surface area contributed by atoms with Gasteiger partial charge in [-0.05, 0) is 29.5 Å². The van der Waals surface area contributed by atoms with Crippen molar-refractivity contribution in [3.63, 3.8) is 0 Å². The molecule has 1 unspecified atom stereocenters. The predicted octanol–water partition coefficient (Wildman–Crippen LogP) is 3.58. The number of nitrogens with one attached hydrogen (secondary N) is 1. The van der Waals surface area contributed by atoms with E-state index in [9.17, 15) is 4.39 Å². The first-order valence-corrected chi connectivity index (χ1v) is 6.91. The molecule has 3 N–H and O–H groups in total. The molecule has 0 aliphatic rings. The van der Waals surface area contributed by atoms with Gasteiger partial charge in [-0.3, -0.25) is 5.84 Å². The second-order valence-corrected chi connectivity index (χ2v) is 5.46. The first-order chi connectivity index (χ1) is 9.61. The van der Waals surface area contributed by atoms with Gasteiger partial charge in [-0.1, -0.05) is 56.3 Å². The van der Waals surface area contributed by atoms with Gasteiger partial charge in [0.15, 0.2) is 0 Å². The van der Waals surface area contributed by atoms with Gasteiger partial charge in [0.05, 0.1) is 6.04 Å². The maximum absolute atomic E-state index is 13.9. The topological polar surface area (TPSA) is 38.0 Å². The van der Waals surface area contributed by atoms with Gasteiger partial charge in [-0.15, -0.1) is 0 Å². The number of hydrogen-bond acceptors (Lipinski definition) is 2. The summed E-state index contributed by atoms with van der Waals surface area (Å²) in [5, 5.41) is 0. The molecule has 20 heavy (non-hydrogen) atoms. The van der Waals surface area contributed by atoms with Gasteiger partial charge in [0, 0.05) is 5.56 Å². The summed E-state index contributed by atoms with van der Waals surface area (Å²) in [5.41, 5.74) is 5.51. The Balaban J connectivity index is 2.35. The minimum atomic E-state index is -0.330.